The van der Waals surface area contributed by atoms with Gasteiger partial charge in [0.05, 0.1) is 4.47 Å². The molecule has 0 spiro atoms. The fourth-order valence-corrected chi connectivity index (χ4v) is 2.16. The molecule has 1 amide bonds. The van der Waals surface area contributed by atoms with E-state index in [9.17, 15) is 4.79 Å². The van der Waals surface area contributed by atoms with Gasteiger partial charge in [0.25, 0.3) is 5.91 Å². The number of likely N-dealkylation sites (N-methyl/N-ethyl adjacent to an activating group) is 1. The maximum Gasteiger partial charge on any atom is 0.260 e. The van der Waals surface area contributed by atoms with Crippen molar-refractivity contribution in [3.05, 3.63) is 28.2 Å². The second-order valence-electron chi connectivity index (χ2n) is 4.28. The van der Waals surface area contributed by atoms with E-state index < -0.39 is 6.10 Å². The van der Waals surface area contributed by atoms with Crippen LogP contribution in [0.1, 0.15) is 25.8 Å². The minimum absolute atomic E-state index is 0.136. The van der Waals surface area contributed by atoms with Gasteiger partial charge >= 0.3 is 0 Å². The van der Waals surface area contributed by atoms with Crippen LogP contribution >= 0.6 is 15.9 Å². The second-order valence-corrected chi connectivity index (χ2v) is 5.13. The van der Waals surface area contributed by atoms with Crippen LogP contribution in [0.5, 0.6) is 5.75 Å². The summed E-state index contributed by atoms with van der Waals surface area (Å²) in [6, 6.07) is 5.87. The Morgan fingerprint density at radius 2 is 2.21 bits per heavy atom. The van der Waals surface area contributed by atoms with E-state index >= 15 is 0 Å². The van der Waals surface area contributed by atoms with Crippen molar-refractivity contribution in [3.8, 4) is 5.75 Å². The van der Waals surface area contributed by atoms with Crippen LogP contribution in [-0.2, 0) is 11.3 Å². The van der Waals surface area contributed by atoms with Gasteiger partial charge in [-0.15, -0.1) is 0 Å². The van der Waals surface area contributed by atoms with Gasteiger partial charge in [-0.2, -0.15) is 0 Å². The Bertz CT molecular complexity index is 424. The molecule has 1 atom stereocenters. The van der Waals surface area contributed by atoms with Gasteiger partial charge in [-0.1, -0.05) is 19.1 Å². The van der Waals surface area contributed by atoms with E-state index in [1.54, 1.807) is 14.0 Å². The van der Waals surface area contributed by atoms with Crippen LogP contribution in [0.2, 0.25) is 0 Å². The summed E-state index contributed by atoms with van der Waals surface area (Å²) in [4.78, 5) is 11.5. The molecule has 0 aliphatic heterocycles. The first-order chi connectivity index (χ1) is 9.10. The number of hydrogen-bond donors (Lipinski definition) is 2. The van der Waals surface area contributed by atoms with Gasteiger partial charge in [0.2, 0.25) is 0 Å². The zero-order chi connectivity index (χ0) is 14.3. The van der Waals surface area contributed by atoms with Gasteiger partial charge in [0.1, 0.15) is 5.75 Å². The van der Waals surface area contributed by atoms with Crippen molar-refractivity contribution in [1.82, 2.24) is 10.6 Å². The quantitative estimate of drug-likeness (QED) is 0.756. The molecular formula is C14H21BrN2O2. The first-order valence-electron chi connectivity index (χ1n) is 6.46. The third kappa shape index (κ3) is 4.84. The lowest BCUT2D eigenvalue weighted by molar-refractivity contribution is -0.126. The fraction of sp³-hybridized carbons (Fsp3) is 0.500. The van der Waals surface area contributed by atoms with Crippen LogP contribution < -0.4 is 15.4 Å². The molecule has 2 N–H and O–H groups in total. The van der Waals surface area contributed by atoms with E-state index in [-0.39, 0.29) is 5.91 Å². The maximum absolute atomic E-state index is 11.5. The van der Waals surface area contributed by atoms with Crippen LogP contribution in [0.15, 0.2) is 22.7 Å². The van der Waals surface area contributed by atoms with Crippen LogP contribution in [0.4, 0.5) is 0 Å². The highest BCUT2D eigenvalue weighted by molar-refractivity contribution is 9.10. The number of carbonyl (C=O) groups is 1. The van der Waals surface area contributed by atoms with Crippen LogP contribution in [0.3, 0.4) is 0 Å². The molecule has 1 aromatic rings. The maximum atomic E-state index is 11.5. The number of benzene rings is 1. The van der Waals surface area contributed by atoms with Crippen LogP contribution in [-0.4, -0.2) is 25.6 Å². The van der Waals surface area contributed by atoms with E-state index in [1.807, 2.05) is 18.2 Å². The number of rotatable bonds is 7. The molecule has 1 unspecified atom stereocenters. The molecular weight excluding hydrogens is 308 g/mol. The molecule has 0 radical (unpaired) electrons. The molecule has 1 rings (SSSR count). The molecule has 1 aromatic carbocycles. The summed E-state index contributed by atoms with van der Waals surface area (Å²) >= 11 is 3.47. The molecule has 0 saturated heterocycles. The first-order valence-corrected chi connectivity index (χ1v) is 7.25. The third-order valence-corrected chi connectivity index (χ3v) is 3.33. The van der Waals surface area contributed by atoms with Crippen LogP contribution in [0.25, 0.3) is 0 Å². The lowest BCUT2D eigenvalue weighted by Gasteiger charge is -2.18. The standard InChI is InChI=1S/C14H21BrN2O2/c1-4-8-17-9-11-6-5-7-12(15)13(11)19-10(2)14(18)16-3/h5-7,10,17H,4,8-9H2,1-3H3,(H,16,18). The first kappa shape index (κ1) is 16.0. The minimum atomic E-state index is -0.520. The largest absolute Gasteiger partial charge is 0.479 e. The molecule has 0 saturated carbocycles. The number of para-hydroxylation sites is 1. The van der Waals surface area contributed by atoms with Crippen molar-refractivity contribution in [3.63, 3.8) is 0 Å². The lowest BCUT2D eigenvalue weighted by Crippen LogP contribution is -2.34. The average molecular weight is 329 g/mol. The predicted molar refractivity (Wildman–Crippen MR) is 80.3 cm³/mol. The smallest absolute Gasteiger partial charge is 0.260 e. The molecule has 0 heterocycles. The Kier molecular flexibility index (Phi) is 6.87. The van der Waals surface area contributed by atoms with Crippen molar-refractivity contribution < 1.29 is 9.53 Å². The van der Waals surface area contributed by atoms with Gasteiger partial charge in [-0.25, -0.2) is 0 Å². The Labute approximate surface area is 123 Å². The van der Waals surface area contributed by atoms with Crippen molar-refractivity contribution >= 4 is 21.8 Å². The van der Waals surface area contributed by atoms with E-state index in [0.29, 0.717) is 0 Å². The zero-order valence-electron chi connectivity index (χ0n) is 11.6. The van der Waals surface area contributed by atoms with E-state index in [2.05, 4.69) is 33.5 Å². The molecule has 5 heteroatoms. The SMILES string of the molecule is CCCNCc1cccc(Br)c1OC(C)C(=O)NC. The highest BCUT2D eigenvalue weighted by atomic mass is 79.9. The van der Waals surface area contributed by atoms with Gasteiger partial charge in [0, 0.05) is 19.2 Å². The molecule has 4 nitrogen and oxygen atoms in total. The third-order valence-electron chi connectivity index (χ3n) is 2.70. The number of amides is 1. The molecule has 19 heavy (non-hydrogen) atoms. The highest BCUT2D eigenvalue weighted by Gasteiger charge is 2.16. The lowest BCUT2D eigenvalue weighted by atomic mass is 10.2. The molecule has 0 aliphatic rings. The fourth-order valence-electron chi connectivity index (χ4n) is 1.66. The van der Waals surface area contributed by atoms with Crippen molar-refractivity contribution in [2.75, 3.05) is 13.6 Å². The predicted octanol–water partition coefficient (Wildman–Crippen LogP) is 2.46. The summed E-state index contributed by atoms with van der Waals surface area (Å²) in [6.07, 6.45) is 0.562. The molecule has 106 valence electrons. The van der Waals surface area contributed by atoms with E-state index in [4.69, 9.17) is 4.74 Å². The van der Waals surface area contributed by atoms with Crippen LogP contribution in [0, 0.1) is 0 Å². The summed E-state index contributed by atoms with van der Waals surface area (Å²) in [5, 5.41) is 5.92. The topological polar surface area (TPSA) is 50.4 Å². The van der Waals surface area contributed by atoms with E-state index in [0.717, 1.165) is 35.3 Å². The Morgan fingerprint density at radius 1 is 1.47 bits per heavy atom. The Balaban J connectivity index is 2.82. The number of halogens is 1. The van der Waals surface area contributed by atoms with Gasteiger partial charge in [-0.05, 0) is 41.9 Å². The Hall–Kier alpha value is -1.07. The number of nitrogens with one attached hydrogen (secondary N) is 2. The van der Waals surface area contributed by atoms with Crippen molar-refractivity contribution in [2.45, 2.75) is 32.9 Å². The number of ether oxygens (including phenoxy) is 1. The van der Waals surface area contributed by atoms with Gasteiger partial charge in [0.15, 0.2) is 6.10 Å². The van der Waals surface area contributed by atoms with E-state index in [1.165, 1.54) is 0 Å². The van der Waals surface area contributed by atoms with Gasteiger partial charge < -0.3 is 15.4 Å². The second kappa shape index (κ2) is 8.17. The van der Waals surface area contributed by atoms with Crippen molar-refractivity contribution in [1.29, 1.82) is 0 Å². The Morgan fingerprint density at radius 3 is 2.84 bits per heavy atom. The summed E-state index contributed by atoms with van der Waals surface area (Å²) in [5.74, 6) is 0.588. The average Bonchev–Trinajstić information content (AvgIpc) is 2.41. The molecule has 0 aliphatic carbocycles. The molecule has 0 fully saturated rings. The highest BCUT2D eigenvalue weighted by Crippen LogP contribution is 2.30. The van der Waals surface area contributed by atoms with Gasteiger partial charge in [-0.3, -0.25) is 4.79 Å². The number of carbonyl (C=O) groups excluding carboxylic acids is 1. The number of hydrogen-bond acceptors (Lipinski definition) is 3. The minimum Gasteiger partial charge on any atom is -0.479 e. The normalized spacial score (nSPS) is 12.0. The monoisotopic (exact) mass is 328 g/mol. The summed E-state index contributed by atoms with van der Waals surface area (Å²) < 4.78 is 6.62. The van der Waals surface area contributed by atoms with Crippen molar-refractivity contribution in [2.24, 2.45) is 0 Å². The summed E-state index contributed by atoms with van der Waals surface area (Å²) in [7, 11) is 1.60. The molecule has 0 bridgehead atoms. The zero-order valence-corrected chi connectivity index (χ0v) is 13.2. The summed E-state index contributed by atoms with van der Waals surface area (Å²) in [6.45, 7) is 5.54. The molecule has 0 aromatic heterocycles. The summed E-state index contributed by atoms with van der Waals surface area (Å²) in [5.41, 5.74) is 1.04.